The molecule has 2 amide bonds. The zero-order valence-corrected chi connectivity index (χ0v) is 25.9. The number of methoxy groups -OCH3 is 2. The van der Waals surface area contributed by atoms with Crippen molar-refractivity contribution < 1.29 is 32.4 Å². The number of halogens is 1. The van der Waals surface area contributed by atoms with Crippen LogP contribution in [0.3, 0.4) is 0 Å². The summed E-state index contributed by atoms with van der Waals surface area (Å²) in [6.07, 6.45) is 0. The number of ether oxygens (including phenoxy) is 2. The van der Waals surface area contributed by atoms with E-state index in [1.54, 1.807) is 31.2 Å². The number of likely N-dealkylation sites (N-methyl/N-ethyl adjacent to an activating group) is 1. The molecular formula is C29H33ClN4O8S. The van der Waals surface area contributed by atoms with Gasteiger partial charge in [0.05, 0.1) is 29.7 Å². The van der Waals surface area contributed by atoms with Gasteiger partial charge in [-0.25, -0.2) is 8.42 Å². The highest BCUT2D eigenvalue weighted by Crippen LogP contribution is 2.36. The van der Waals surface area contributed by atoms with Crippen molar-refractivity contribution >= 4 is 44.8 Å². The second-order valence-electron chi connectivity index (χ2n) is 9.48. The van der Waals surface area contributed by atoms with Gasteiger partial charge in [-0.05, 0) is 62.7 Å². The number of hydrogen-bond acceptors (Lipinski definition) is 8. The Hall–Kier alpha value is -4.36. The van der Waals surface area contributed by atoms with E-state index in [1.807, 2.05) is 0 Å². The number of carbonyl (C=O) groups is 2. The van der Waals surface area contributed by atoms with E-state index in [1.165, 1.54) is 63.3 Å². The van der Waals surface area contributed by atoms with E-state index in [2.05, 4.69) is 5.32 Å². The van der Waals surface area contributed by atoms with E-state index >= 15 is 0 Å². The number of rotatable bonds is 13. The van der Waals surface area contributed by atoms with Gasteiger partial charge >= 0.3 is 0 Å². The lowest BCUT2D eigenvalue weighted by atomic mass is 10.1. The Morgan fingerprint density at radius 1 is 1.07 bits per heavy atom. The lowest BCUT2D eigenvalue weighted by molar-refractivity contribution is -0.385. The van der Waals surface area contributed by atoms with Gasteiger partial charge in [0.1, 0.15) is 24.1 Å². The van der Waals surface area contributed by atoms with Gasteiger partial charge in [-0.2, -0.15) is 0 Å². The molecule has 3 aromatic rings. The second kappa shape index (κ2) is 14.2. The number of nitro benzene ring substituents is 1. The highest BCUT2D eigenvalue weighted by Gasteiger charge is 2.35. The van der Waals surface area contributed by atoms with Gasteiger partial charge in [0, 0.05) is 29.7 Å². The fraction of sp³-hybridized carbons (Fsp3) is 0.310. The molecule has 0 unspecified atom stereocenters. The molecule has 0 spiro atoms. The predicted molar refractivity (Wildman–Crippen MR) is 162 cm³/mol. The fourth-order valence-corrected chi connectivity index (χ4v) is 5.92. The fourth-order valence-electron chi connectivity index (χ4n) is 4.32. The lowest BCUT2D eigenvalue weighted by Gasteiger charge is -2.32. The molecule has 43 heavy (non-hydrogen) atoms. The largest absolute Gasteiger partial charge is 0.497 e. The van der Waals surface area contributed by atoms with Crippen molar-refractivity contribution in [3.8, 4) is 11.5 Å². The van der Waals surface area contributed by atoms with Crippen LogP contribution in [0.5, 0.6) is 11.5 Å². The number of nitrogens with one attached hydrogen (secondary N) is 1. The van der Waals surface area contributed by atoms with Crippen molar-refractivity contribution in [1.29, 1.82) is 0 Å². The van der Waals surface area contributed by atoms with Gasteiger partial charge < -0.3 is 19.7 Å². The number of carbonyl (C=O) groups excluding carboxylic acids is 2. The molecule has 1 N–H and O–H groups in total. The Balaban J connectivity index is 2.17. The van der Waals surface area contributed by atoms with Crippen LogP contribution in [-0.2, 0) is 26.2 Å². The number of amides is 2. The second-order valence-corrected chi connectivity index (χ2v) is 11.8. The number of anilines is 1. The summed E-state index contributed by atoms with van der Waals surface area (Å²) in [5.41, 5.74) is 0.411. The van der Waals surface area contributed by atoms with Crippen molar-refractivity contribution in [2.45, 2.75) is 38.3 Å². The number of nitrogens with zero attached hydrogens (tertiary/aromatic N) is 3. The third-order valence-electron chi connectivity index (χ3n) is 6.66. The molecule has 0 radical (unpaired) electrons. The molecule has 0 aromatic heterocycles. The van der Waals surface area contributed by atoms with Gasteiger partial charge in [0.2, 0.25) is 11.8 Å². The van der Waals surface area contributed by atoms with Crippen LogP contribution in [0.15, 0.2) is 65.6 Å². The molecule has 3 aromatic carbocycles. The van der Waals surface area contributed by atoms with Crippen LogP contribution in [0.2, 0.25) is 5.02 Å². The van der Waals surface area contributed by atoms with Crippen molar-refractivity contribution in [2.75, 3.05) is 31.6 Å². The summed E-state index contributed by atoms with van der Waals surface area (Å²) in [7, 11) is -1.80. The SMILES string of the molecule is CCNC(=O)[C@@H](C)N(Cc1cccc(OC)c1)C(=O)CN(c1cc(Cl)ccc1OC)S(=O)(=O)c1ccc(C)c([N+](=O)[O-])c1. The van der Waals surface area contributed by atoms with Crippen molar-refractivity contribution in [1.82, 2.24) is 10.2 Å². The minimum absolute atomic E-state index is 0.0507. The molecule has 1 atom stereocenters. The molecule has 0 aliphatic rings. The lowest BCUT2D eigenvalue weighted by Crippen LogP contribution is -2.51. The van der Waals surface area contributed by atoms with Crippen LogP contribution < -0.4 is 19.1 Å². The van der Waals surface area contributed by atoms with Crippen molar-refractivity contribution in [3.05, 3.63) is 86.9 Å². The maximum Gasteiger partial charge on any atom is 0.273 e. The Kier molecular flexibility index (Phi) is 11.0. The summed E-state index contributed by atoms with van der Waals surface area (Å²) in [6, 6.07) is 13.6. The summed E-state index contributed by atoms with van der Waals surface area (Å²) in [4.78, 5) is 38.7. The number of benzene rings is 3. The molecule has 0 aliphatic heterocycles. The summed E-state index contributed by atoms with van der Waals surface area (Å²) in [6.45, 7) is 4.23. The van der Waals surface area contributed by atoms with Gasteiger partial charge in [0.15, 0.2) is 0 Å². The third kappa shape index (κ3) is 7.73. The van der Waals surface area contributed by atoms with Crippen LogP contribution in [0, 0.1) is 17.0 Å². The first-order valence-electron chi connectivity index (χ1n) is 13.1. The van der Waals surface area contributed by atoms with Crippen LogP contribution in [0.4, 0.5) is 11.4 Å². The van der Waals surface area contributed by atoms with E-state index in [0.29, 0.717) is 17.9 Å². The molecule has 0 fully saturated rings. The van der Waals surface area contributed by atoms with Gasteiger partial charge in [0.25, 0.3) is 15.7 Å². The number of aryl methyl sites for hydroxylation is 1. The topological polar surface area (TPSA) is 148 Å². The minimum Gasteiger partial charge on any atom is -0.497 e. The molecule has 14 heteroatoms. The zero-order chi connectivity index (χ0) is 31.9. The number of hydrogen-bond donors (Lipinski definition) is 1. The third-order valence-corrected chi connectivity index (χ3v) is 8.65. The van der Waals surface area contributed by atoms with Crippen LogP contribution in [0.25, 0.3) is 0 Å². The molecule has 0 saturated carbocycles. The van der Waals surface area contributed by atoms with Crippen molar-refractivity contribution in [2.24, 2.45) is 0 Å². The average molecular weight is 633 g/mol. The monoisotopic (exact) mass is 632 g/mol. The van der Waals surface area contributed by atoms with E-state index < -0.39 is 49.9 Å². The summed E-state index contributed by atoms with van der Waals surface area (Å²) in [5.74, 6) is -0.556. The van der Waals surface area contributed by atoms with E-state index in [0.717, 1.165) is 10.4 Å². The average Bonchev–Trinajstić information content (AvgIpc) is 2.98. The summed E-state index contributed by atoms with van der Waals surface area (Å²) in [5, 5.41) is 14.5. The Bertz CT molecular complexity index is 1620. The first-order valence-corrected chi connectivity index (χ1v) is 15.0. The Labute approximate surface area is 255 Å². The molecular weight excluding hydrogens is 600 g/mol. The standard InChI is InChI=1S/C29H33ClN4O8S/c1-6-31-29(36)20(3)32(17-21-8-7-9-23(14-21)41-4)28(35)18-33(26-15-22(30)11-13-27(26)42-5)43(39,40)24-12-10-19(2)25(16-24)34(37)38/h7-16,20H,6,17-18H2,1-5H3,(H,31,36)/t20-/m1/s1. The number of sulfonamides is 1. The molecule has 12 nitrogen and oxygen atoms in total. The van der Waals surface area contributed by atoms with E-state index in [-0.39, 0.29) is 28.6 Å². The molecule has 0 bridgehead atoms. The Morgan fingerprint density at radius 2 is 1.79 bits per heavy atom. The van der Waals surface area contributed by atoms with Gasteiger partial charge in [-0.1, -0.05) is 29.8 Å². The normalized spacial score (nSPS) is 11.8. The molecule has 3 rings (SSSR count). The highest BCUT2D eigenvalue weighted by molar-refractivity contribution is 7.92. The van der Waals surface area contributed by atoms with Gasteiger partial charge in [-0.15, -0.1) is 0 Å². The van der Waals surface area contributed by atoms with Crippen molar-refractivity contribution in [3.63, 3.8) is 0 Å². The first kappa shape index (κ1) is 33.1. The maximum atomic E-state index is 14.1. The number of nitro groups is 1. The highest BCUT2D eigenvalue weighted by atomic mass is 35.5. The minimum atomic E-state index is -4.62. The quantitative estimate of drug-likeness (QED) is 0.216. The van der Waals surface area contributed by atoms with Gasteiger partial charge in [-0.3, -0.25) is 24.0 Å². The molecule has 0 aliphatic carbocycles. The smallest absolute Gasteiger partial charge is 0.273 e. The van der Waals surface area contributed by atoms with E-state index in [9.17, 15) is 28.1 Å². The van der Waals surface area contributed by atoms with Crippen LogP contribution >= 0.6 is 11.6 Å². The molecule has 0 saturated heterocycles. The van der Waals surface area contributed by atoms with Crippen LogP contribution in [-0.4, -0.2) is 63.4 Å². The summed E-state index contributed by atoms with van der Waals surface area (Å²) >= 11 is 6.24. The van der Waals surface area contributed by atoms with Crippen LogP contribution in [0.1, 0.15) is 25.0 Å². The maximum absolute atomic E-state index is 14.1. The molecule has 0 heterocycles. The predicted octanol–water partition coefficient (Wildman–Crippen LogP) is 4.32. The Morgan fingerprint density at radius 3 is 2.42 bits per heavy atom. The van der Waals surface area contributed by atoms with E-state index in [4.69, 9.17) is 21.1 Å². The zero-order valence-electron chi connectivity index (χ0n) is 24.4. The summed E-state index contributed by atoms with van der Waals surface area (Å²) < 4.78 is 39.7. The molecule has 230 valence electrons. The first-order chi connectivity index (χ1) is 20.3.